The van der Waals surface area contributed by atoms with Crippen molar-refractivity contribution < 1.29 is 26.3 Å². The van der Waals surface area contributed by atoms with Crippen molar-refractivity contribution in [2.75, 3.05) is 37.0 Å². The molecular formula is C27H39F3N6O3S. The molecule has 2 N–H and O–H groups in total. The number of piperidine rings is 1. The lowest BCUT2D eigenvalue weighted by atomic mass is 9.77. The molecule has 222 valence electrons. The Morgan fingerprint density at radius 1 is 1.00 bits per heavy atom. The van der Waals surface area contributed by atoms with Crippen LogP contribution < -0.4 is 15.4 Å². The molecule has 3 heterocycles. The predicted octanol–water partition coefficient (Wildman–Crippen LogP) is 4.89. The van der Waals surface area contributed by atoms with Gasteiger partial charge in [-0.2, -0.15) is 4.98 Å². The van der Waals surface area contributed by atoms with Gasteiger partial charge >= 0.3 is 0 Å². The molecule has 4 rings (SSSR count). The molecule has 0 amide bonds. The second-order valence-corrected chi connectivity index (χ2v) is 14.0. The molecule has 2 aromatic rings. The molecule has 0 radical (unpaired) electrons. The van der Waals surface area contributed by atoms with Crippen molar-refractivity contribution in [3.05, 3.63) is 35.8 Å². The Morgan fingerprint density at radius 2 is 1.62 bits per heavy atom. The van der Waals surface area contributed by atoms with Crippen molar-refractivity contribution in [3.63, 3.8) is 0 Å². The second kappa shape index (κ2) is 11.3. The zero-order valence-electron chi connectivity index (χ0n) is 23.9. The topological polar surface area (TPSA) is 99.7 Å². The average molecular weight is 585 g/mol. The summed E-state index contributed by atoms with van der Waals surface area (Å²) >= 11 is 0. The van der Waals surface area contributed by atoms with Crippen LogP contribution in [0.3, 0.4) is 0 Å². The summed E-state index contributed by atoms with van der Waals surface area (Å²) in [5, 5.41) is 5.95. The van der Waals surface area contributed by atoms with E-state index in [1.54, 1.807) is 0 Å². The first kappa shape index (κ1) is 30.3. The fourth-order valence-corrected chi connectivity index (χ4v) is 6.62. The van der Waals surface area contributed by atoms with E-state index in [4.69, 9.17) is 4.74 Å². The lowest BCUT2D eigenvalue weighted by Gasteiger charge is -2.53. The summed E-state index contributed by atoms with van der Waals surface area (Å²) in [6.45, 7) is 9.13. The summed E-state index contributed by atoms with van der Waals surface area (Å²) in [5.74, 6) is -3.02. The Morgan fingerprint density at radius 3 is 2.23 bits per heavy atom. The van der Waals surface area contributed by atoms with Crippen molar-refractivity contribution in [2.24, 2.45) is 0 Å². The Bertz CT molecular complexity index is 1300. The smallest absolute Gasteiger partial charge is 0.229 e. The quantitative estimate of drug-likeness (QED) is 0.475. The van der Waals surface area contributed by atoms with Crippen LogP contribution in [-0.4, -0.2) is 77.2 Å². The Labute approximate surface area is 234 Å². The van der Waals surface area contributed by atoms with Gasteiger partial charge in [-0.25, -0.2) is 30.9 Å². The van der Waals surface area contributed by atoms with Gasteiger partial charge in [0.15, 0.2) is 29.0 Å². The third-order valence-electron chi connectivity index (χ3n) is 8.03. The number of hydrogen-bond acceptors (Lipinski definition) is 8. The SMILES string of the molecule is CN1C(C)(C)CC(Nc2nc(Nc3cc(F)c(OC4CCCN(S(C)(=O)=O)CC4)c(F)c3)ncc2F)CC1(C)C. The molecule has 1 aromatic carbocycles. The van der Waals surface area contributed by atoms with E-state index in [1.165, 1.54) is 4.31 Å². The van der Waals surface area contributed by atoms with Crippen LogP contribution in [0.1, 0.15) is 59.8 Å². The first-order valence-electron chi connectivity index (χ1n) is 13.5. The number of nitrogens with one attached hydrogen (secondary N) is 2. The average Bonchev–Trinajstić information content (AvgIpc) is 3.07. The number of nitrogens with zero attached hydrogens (tertiary/aromatic N) is 4. The van der Waals surface area contributed by atoms with Gasteiger partial charge in [0.2, 0.25) is 16.0 Å². The van der Waals surface area contributed by atoms with Crippen molar-refractivity contribution in [1.82, 2.24) is 19.2 Å². The van der Waals surface area contributed by atoms with Gasteiger partial charge in [0.25, 0.3) is 0 Å². The minimum atomic E-state index is -3.34. The molecule has 1 atom stereocenters. The molecule has 2 aliphatic rings. The lowest BCUT2D eigenvalue weighted by molar-refractivity contribution is -0.00778. The van der Waals surface area contributed by atoms with Crippen molar-refractivity contribution in [1.29, 1.82) is 0 Å². The van der Waals surface area contributed by atoms with E-state index in [9.17, 15) is 21.6 Å². The maximum atomic E-state index is 14.9. The summed E-state index contributed by atoms with van der Waals surface area (Å²) in [5.41, 5.74) is -0.204. The zero-order chi connectivity index (χ0) is 29.5. The van der Waals surface area contributed by atoms with Gasteiger partial charge in [-0.15, -0.1) is 0 Å². The van der Waals surface area contributed by atoms with Crippen LogP contribution in [0, 0.1) is 17.5 Å². The molecule has 0 bridgehead atoms. The molecule has 1 unspecified atom stereocenters. The standard InChI is InChI=1S/C27H39F3N6O3S/c1-26(2)14-18(15-27(3,4)35(26)5)32-24-22(30)16-31-25(34-24)33-17-12-20(28)23(21(29)13-17)39-19-8-7-10-36(11-9-19)40(6,37)38/h12-13,16,18-19H,7-11,14-15H2,1-6H3,(H2,31,32,33,34). The number of ether oxygens (including phenoxy) is 1. The van der Waals surface area contributed by atoms with Crippen LogP contribution >= 0.6 is 0 Å². The van der Waals surface area contributed by atoms with Crippen molar-refractivity contribution in [3.8, 4) is 5.75 Å². The molecule has 0 saturated carbocycles. The summed E-state index contributed by atoms with van der Waals surface area (Å²) < 4.78 is 75.1. The number of hydrogen-bond donors (Lipinski definition) is 2. The summed E-state index contributed by atoms with van der Waals surface area (Å²) in [4.78, 5) is 10.5. The molecule has 13 heteroatoms. The van der Waals surface area contributed by atoms with Gasteiger partial charge < -0.3 is 15.4 Å². The Hall–Kier alpha value is -2.64. The highest BCUT2D eigenvalue weighted by atomic mass is 32.2. The number of rotatable bonds is 7. The largest absolute Gasteiger partial charge is 0.484 e. The molecule has 1 aromatic heterocycles. The monoisotopic (exact) mass is 584 g/mol. The van der Waals surface area contributed by atoms with E-state index >= 15 is 0 Å². The summed E-state index contributed by atoms with van der Waals surface area (Å²) in [6.07, 6.45) is 4.46. The predicted molar refractivity (Wildman–Crippen MR) is 149 cm³/mol. The molecule has 2 aliphatic heterocycles. The number of sulfonamides is 1. The summed E-state index contributed by atoms with van der Waals surface area (Å²) in [7, 11) is -1.26. The molecule has 9 nitrogen and oxygen atoms in total. The molecule has 0 aliphatic carbocycles. The maximum Gasteiger partial charge on any atom is 0.229 e. The van der Waals surface area contributed by atoms with E-state index in [2.05, 4.69) is 60.2 Å². The fraction of sp³-hybridized carbons (Fsp3) is 0.630. The molecule has 2 saturated heterocycles. The number of anilines is 3. The Balaban J connectivity index is 1.45. The lowest BCUT2D eigenvalue weighted by Crippen LogP contribution is -2.61. The number of aromatic nitrogens is 2. The Kier molecular flexibility index (Phi) is 8.58. The zero-order valence-corrected chi connectivity index (χ0v) is 24.7. The second-order valence-electron chi connectivity index (χ2n) is 12.1. The minimum Gasteiger partial charge on any atom is -0.484 e. The van der Waals surface area contributed by atoms with Gasteiger partial charge in [-0.05, 0) is 66.8 Å². The van der Waals surface area contributed by atoms with Crippen molar-refractivity contribution >= 4 is 27.5 Å². The van der Waals surface area contributed by atoms with Crippen LogP contribution in [0.5, 0.6) is 5.75 Å². The van der Waals surface area contributed by atoms with Gasteiger partial charge in [0.1, 0.15) is 6.10 Å². The van der Waals surface area contributed by atoms with Gasteiger partial charge in [-0.1, -0.05) is 0 Å². The number of halogens is 3. The minimum absolute atomic E-state index is 0.0102. The third kappa shape index (κ3) is 6.98. The van der Waals surface area contributed by atoms with E-state index in [0.717, 1.165) is 37.4 Å². The summed E-state index contributed by atoms with van der Waals surface area (Å²) in [6, 6.07) is 2.07. The van der Waals surface area contributed by atoms with E-state index in [1.807, 2.05) is 0 Å². The van der Waals surface area contributed by atoms with Gasteiger partial charge in [0, 0.05) is 48.0 Å². The first-order valence-corrected chi connectivity index (χ1v) is 15.3. The van der Waals surface area contributed by atoms with Crippen molar-refractivity contribution in [2.45, 2.75) is 83.0 Å². The van der Waals surface area contributed by atoms with Crippen LogP contribution in [0.25, 0.3) is 0 Å². The van der Waals surface area contributed by atoms with E-state index in [-0.39, 0.29) is 41.1 Å². The molecule has 40 heavy (non-hydrogen) atoms. The van der Waals surface area contributed by atoms with E-state index < -0.39 is 39.3 Å². The highest BCUT2D eigenvalue weighted by molar-refractivity contribution is 7.88. The normalized spacial score (nSPS) is 22.5. The fourth-order valence-electron chi connectivity index (χ4n) is 5.72. The highest BCUT2D eigenvalue weighted by Crippen LogP contribution is 2.38. The maximum absolute atomic E-state index is 14.9. The number of likely N-dealkylation sites (tertiary alicyclic amines) is 1. The highest BCUT2D eigenvalue weighted by Gasteiger charge is 2.43. The first-order chi connectivity index (χ1) is 18.5. The van der Waals surface area contributed by atoms with Crippen LogP contribution in [-0.2, 0) is 10.0 Å². The van der Waals surface area contributed by atoms with Crippen LogP contribution in [0.15, 0.2) is 18.3 Å². The molecular weight excluding hydrogens is 545 g/mol. The third-order valence-corrected chi connectivity index (χ3v) is 9.34. The van der Waals surface area contributed by atoms with Gasteiger partial charge in [0.05, 0.1) is 12.5 Å². The number of benzene rings is 1. The van der Waals surface area contributed by atoms with Gasteiger partial charge in [-0.3, -0.25) is 4.90 Å². The van der Waals surface area contributed by atoms with Crippen LogP contribution in [0.4, 0.5) is 30.6 Å². The molecule has 0 spiro atoms. The molecule has 2 fully saturated rings. The van der Waals surface area contributed by atoms with E-state index in [0.29, 0.717) is 25.8 Å². The van der Waals surface area contributed by atoms with Crippen LogP contribution in [0.2, 0.25) is 0 Å².